The Balaban J connectivity index is 2.10. The van der Waals surface area contributed by atoms with Gasteiger partial charge in [-0.15, -0.1) is 0 Å². The van der Waals surface area contributed by atoms with Crippen molar-refractivity contribution in [2.75, 3.05) is 13.7 Å². The number of phenols is 1. The first-order valence-corrected chi connectivity index (χ1v) is 9.42. The largest absolute Gasteiger partial charge is 0.508 e. The lowest BCUT2D eigenvalue weighted by atomic mass is 9.76. The third-order valence-electron chi connectivity index (χ3n) is 5.69. The molecule has 7 nitrogen and oxygen atoms in total. The second-order valence-corrected chi connectivity index (χ2v) is 7.25. The Hall–Kier alpha value is -2.41. The van der Waals surface area contributed by atoms with Crippen LogP contribution in [0.25, 0.3) is 0 Å². The maximum absolute atomic E-state index is 13.0. The van der Waals surface area contributed by atoms with E-state index in [2.05, 4.69) is 5.32 Å². The lowest BCUT2D eigenvalue weighted by Crippen LogP contribution is -2.56. The highest BCUT2D eigenvalue weighted by Crippen LogP contribution is 2.50. The number of carbonyl (C=O) groups excluding carboxylic acids is 3. The summed E-state index contributed by atoms with van der Waals surface area (Å²) in [5.74, 6) is -2.47. The average Bonchev–Trinajstić information content (AvgIpc) is 3.11. The molecule has 0 aromatic heterocycles. The first-order valence-electron chi connectivity index (χ1n) is 9.42. The highest BCUT2D eigenvalue weighted by molar-refractivity contribution is 6.09. The molecule has 0 aliphatic carbocycles. The molecule has 1 aromatic rings. The number of unbranched alkanes of at least 4 members (excludes halogenated alkanes) is 1. The number of benzene rings is 1. The zero-order valence-corrected chi connectivity index (χ0v) is 15.9. The summed E-state index contributed by atoms with van der Waals surface area (Å²) in [6.45, 7) is 3.94. The molecule has 7 heteroatoms. The number of nitrogens with one attached hydrogen (secondary N) is 1. The fourth-order valence-electron chi connectivity index (χ4n) is 4.35. The van der Waals surface area contributed by atoms with Gasteiger partial charge >= 0.3 is 5.97 Å². The van der Waals surface area contributed by atoms with E-state index >= 15 is 0 Å². The number of rotatable bonds is 6. The van der Waals surface area contributed by atoms with Gasteiger partial charge in [0, 0.05) is 13.1 Å². The maximum atomic E-state index is 13.0. The second-order valence-electron chi connectivity index (χ2n) is 7.25. The summed E-state index contributed by atoms with van der Waals surface area (Å²) in [6.07, 6.45) is 2.00. The van der Waals surface area contributed by atoms with E-state index in [1.807, 2.05) is 6.92 Å². The Bertz CT molecular complexity index is 747. The van der Waals surface area contributed by atoms with Gasteiger partial charge in [-0.05, 0) is 31.0 Å². The molecule has 0 saturated carbocycles. The molecular weight excluding hydrogens is 348 g/mol. The number of hydrogen-bond acceptors (Lipinski definition) is 6. The molecule has 1 aromatic carbocycles. The molecule has 2 heterocycles. The lowest BCUT2D eigenvalue weighted by molar-refractivity contribution is -0.156. The van der Waals surface area contributed by atoms with Crippen LogP contribution in [-0.2, 0) is 19.1 Å². The van der Waals surface area contributed by atoms with Crippen molar-refractivity contribution < 1.29 is 24.2 Å². The molecular formula is C20H26N2O5. The number of esters is 1. The Kier molecular flexibility index (Phi) is 5.24. The SMILES string of the molecule is CCCC[C@]1(C(=O)OCC)N[C@H](c2ccc(O)cc2)[C@H]2C(=O)N(C)C(=O)[C@@H]21. The van der Waals surface area contributed by atoms with Gasteiger partial charge in [0.15, 0.2) is 0 Å². The smallest absolute Gasteiger partial charge is 0.327 e. The number of carbonyl (C=O) groups is 3. The Morgan fingerprint density at radius 3 is 2.48 bits per heavy atom. The van der Waals surface area contributed by atoms with Crippen LogP contribution in [0.5, 0.6) is 5.75 Å². The number of likely N-dealkylation sites (tertiary alicyclic amines) is 1. The molecule has 2 fully saturated rings. The molecule has 0 spiro atoms. The van der Waals surface area contributed by atoms with Gasteiger partial charge in [0.2, 0.25) is 11.8 Å². The van der Waals surface area contributed by atoms with Crippen molar-refractivity contribution in [1.82, 2.24) is 10.2 Å². The third-order valence-corrected chi connectivity index (χ3v) is 5.69. The number of ether oxygens (including phenoxy) is 1. The van der Waals surface area contributed by atoms with Gasteiger partial charge in [-0.2, -0.15) is 0 Å². The first-order chi connectivity index (χ1) is 12.9. The molecule has 2 aliphatic heterocycles. The topological polar surface area (TPSA) is 95.9 Å². The molecule has 4 atom stereocenters. The molecule has 3 rings (SSSR count). The zero-order valence-electron chi connectivity index (χ0n) is 15.9. The van der Waals surface area contributed by atoms with Gasteiger partial charge in [0.1, 0.15) is 11.3 Å². The van der Waals surface area contributed by atoms with E-state index in [4.69, 9.17) is 4.74 Å². The molecule has 2 aliphatic rings. The van der Waals surface area contributed by atoms with Crippen molar-refractivity contribution in [2.24, 2.45) is 11.8 Å². The van der Waals surface area contributed by atoms with Crippen LogP contribution in [0, 0.1) is 11.8 Å². The van der Waals surface area contributed by atoms with Crippen molar-refractivity contribution in [3.05, 3.63) is 29.8 Å². The molecule has 0 radical (unpaired) electrons. The number of amides is 2. The van der Waals surface area contributed by atoms with Crippen LogP contribution in [0.1, 0.15) is 44.7 Å². The van der Waals surface area contributed by atoms with E-state index in [1.165, 1.54) is 19.2 Å². The molecule has 0 unspecified atom stereocenters. The van der Waals surface area contributed by atoms with E-state index in [-0.39, 0.29) is 24.2 Å². The molecule has 2 amide bonds. The van der Waals surface area contributed by atoms with E-state index < -0.39 is 29.4 Å². The Labute approximate surface area is 158 Å². The molecule has 2 N–H and O–H groups in total. The third kappa shape index (κ3) is 3.00. The summed E-state index contributed by atoms with van der Waals surface area (Å²) >= 11 is 0. The van der Waals surface area contributed by atoms with E-state index in [1.54, 1.807) is 19.1 Å². The molecule has 2 saturated heterocycles. The quantitative estimate of drug-likeness (QED) is 0.582. The number of imide groups is 1. The summed E-state index contributed by atoms with van der Waals surface area (Å²) in [6, 6.07) is 5.99. The van der Waals surface area contributed by atoms with Gasteiger partial charge in [0.05, 0.1) is 18.4 Å². The predicted octanol–water partition coefficient (Wildman–Crippen LogP) is 1.76. The van der Waals surface area contributed by atoms with Crippen molar-refractivity contribution in [3.8, 4) is 5.75 Å². The van der Waals surface area contributed by atoms with E-state index in [0.717, 1.165) is 23.3 Å². The highest BCUT2D eigenvalue weighted by Gasteiger charge is 2.67. The van der Waals surface area contributed by atoms with Crippen LogP contribution in [0.15, 0.2) is 24.3 Å². The summed E-state index contributed by atoms with van der Waals surface area (Å²) in [5, 5.41) is 12.9. The number of hydrogen-bond donors (Lipinski definition) is 2. The number of aromatic hydroxyl groups is 1. The van der Waals surface area contributed by atoms with Gasteiger partial charge in [-0.1, -0.05) is 31.9 Å². The van der Waals surface area contributed by atoms with Gasteiger partial charge in [0.25, 0.3) is 0 Å². The van der Waals surface area contributed by atoms with Crippen molar-refractivity contribution in [1.29, 1.82) is 0 Å². The zero-order chi connectivity index (χ0) is 19.8. The van der Waals surface area contributed by atoms with Crippen LogP contribution < -0.4 is 5.32 Å². The van der Waals surface area contributed by atoms with Crippen LogP contribution in [0.3, 0.4) is 0 Å². The Morgan fingerprint density at radius 1 is 1.22 bits per heavy atom. The lowest BCUT2D eigenvalue weighted by Gasteiger charge is -2.32. The van der Waals surface area contributed by atoms with Crippen LogP contribution in [0.4, 0.5) is 0 Å². The number of phenolic OH excluding ortho intramolecular Hbond substituents is 1. The summed E-state index contributed by atoms with van der Waals surface area (Å²) < 4.78 is 5.33. The Morgan fingerprint density at radius 2 is 1.89 bits per heavy atom. The van der Waals surface area contributed by atoms with Crippen molar-refractivity contribution >= 4 is 17.8 Å². The second kappa shape index (κ2) is 7.31. The summed E-state index contributed by atoms with van der Waals surface area (Å²) in [4.78, 5) is 39.9. The standard InChI is InChI=1S/C20H26N2O5/c1-4-6-11-20(19(26)27-5-2)15-14(17(24)22(3)18(15)25)16(21-20)12-7-9-13(23)10-8-12/h7-10,14-16,21,23H,4-6,11H2,1-3H3/t14-,15+,16+,20-/m0/s1. The first kappa shape index (κ1) is 19.4. The van der Waals surface area contributed by atoms with E-state index in [9.17, 15) is 19.5 Å². The summed E-state index contributed by atoms with van der Waals surface area (Å²) in [5.41, 5.74) is -0.474. The fourth-order valence-corrected chi connectivity index (χ4v) is 4.35. The van der Waals surface area contributed by atoms with Gasteiger partial charge in [-0.25, -0.2) is 0 Å². The predicted molar refractivity (Wildman–Crippen MR) is 97.6 cm³/mol. The number of nitrogens with zero attached hydrogens (tertiary/aromatic N) is 1. The molecule has 146 valence electrons. The van der Waals surface area contributed by atoms with Gasteiger partial charge in [-0.3, -0.25) is 24.6 Å². The average molecular weight is 374 g/mol. The summed E-state index contributed by atoms with van der Waals surface area (Å²) in [7, 11) is 1.46. The van der Waals surface area contributed by atoms with Crippen LogP contribution in [-0.4, -0.2) is 47.0 Å². The maximum Gasteiger partial charge on any atom is 0.327 e. The molecule has 27 heavy (non-hydrogen) atoms. The fraction of sp³-hybridized carbons (Fsp3) is 0.550. The normalized spacial score (nSPS) is 29.9. The highest BCUT2D eigenvalue weighted by atomic mass is 16.5. The minimum atomic E-state index is -1.23. The minimum Gasteiger partial charge on any atom is -0.508 e. The van der Waals surface area contributed by atoms with Crippen LogP contribution >= 0.6 is 0 Å². The van der Waals surface area contributed by atoms with Crippen LogP contribution in [0.2, 0.25) is 0 Å². The number of fused-ring (bicyclic) bond motifs is 1. The molecule has 0 bridgehead atoms. The monoisotopic (exact) mass is 374 g/mol. The van der Waals surface area contributed by atoms with E-state index in [0.29, 0.717) is 6.42 Å². The van der Waals surface area contributed by atoms with Crippen molar-refractivity contribution in [3.63, 3.8) is 0 Å². The van der Waals surface area contributed by atoms with Crippen molar-refractivity contribution in [2.45, 2.75) is 44.7 Å². The van der Waals surface area contributed by atoms with Gasteiger partial charge < -0.3 is 9.84 Å². The minimum absolute atomic E-state index is 0.113.